The third-order valence-corrected chi connectivity index (χ3v) is 8.36. The second kappa shape index (κ2) is 11.1. The highest BCUT2D eigenvalue weighted by Gasteiger charge is 2.51. The van der Waals surface area contributed by atoms with Crippen LogP contribution in [-0.2, 0) is 23.7 Å². The highest BCUT2D eigenvalue weighted by molar-refractivity contribution is 5.95. The summed E-state index contributed by atoms with van der Waals surface area (Å²) < 4.78 is 26.0. The van der Waals surface area contributed by atoms with Gasteiger partial charge in [0, 0.05) is 24.9 Å². The summed E-state index contributed by atoms with van der Waals surface area (Å²) in [6.07, 6.45) is 2.73. The van der Waals surface area contributed by atoms with Gasteiger partial charge in [-0.2, -0.15) is 0 Å². The molecule has 9 heteroatoms. The molecule has 234 valence electrons. The van der Waals surface area contributed by atoms with E-state index in [0.717, 1.165) is 42.7 Å². The third kappa shape index (κ3) is 6.77. The maximum absolute atomic E-state index is 13.8. The minimum Gasteiger partial charge on any atom is -0.460 e. The molecule has 0 aromatic carbocycles. The highest BCUT2D eigenvalue weighted by atomic mass is 16.7. The molecular formula is C33H51N3O6. The number of piperidine rings is 1. The highest BCUT2D eigenvalue weighted by Crippen LogP contribution is 2.48. The second-order valence-corrected chi connectivity index (χ2v) is 15.1. The van der Waals surface area contributed by atoms with Crippen molar-refractivity contribution in [3.8, 4) is 0 Å². The van der Waals surface area contributed by atoms with Gasteiger partial charge < -0.3 is 23.8 Å². The van der Waals surface area contributed by atoms with E-state index in [0.29, 0.717) is 17.6 Å². The van der Waals surface area contributed by atoms with Gasteiger partial charge in [-0.15, -0.1) is 0 Å². The molecule has 2 aromatic heterocycles. The number of nitrogens with zero attached hydrogens (tertiary/aromatic N) is 3. The summed E-state index contributed by atoms with van der Waals surface area (Å²) in [6, 6.07) is 2.08. The summed E-state index contributed by atoms with van der Waals surface area (Å²) in [5.74, 6) is 1.07. The van der Waals surface area contributed by atoms with Crippen molar-refractivity contribution in [2.45, 2.75) is 137 Å². The van der Waals surface area contributed by atoms with Crippen molar-refractivity contribution < 1.29 is 28.5 Å². The number of fused-ring (bicyclic) bond motifs is 1. The van der Waals surface area contributed by atoms with Gasteiger partial charge in [-0.1, -0.05) is 13.8 Å². The Morgan fingerprint density at radius 3 is 2.02 bits per heavy atom. The molecule has 0 atom stereocenters. The Hall–Kier alpha value is -2.65. The number of hydrogen-bond donors (Lipinski definition) is 0. The van der Waals surface area contributed by atoms with Crippen LogP contribution in [0.2, 0.25) is 0 Å². The van der Waals surface area contributed by atoms with Gasteiger partial charge in [0.15, 0.2) is 0 Å². The number of aromatic nitrogens is 2. The second-order valence-electron chi connectivity index (χ2n) is 15.1. The Morgan fingerprint density at radius 1 is 0.976 bits per heavy atom. The van der Waals surface area contributed by atoms with Crippen LogP contribution in [0.4, 0.5) is 10.6 Å². The maximum atomic E-state index is 13.8. The molecule has 2 aromatic rings. The van der Waals surface area contributed by atoms with E-state index in [9.17, 15) is 9.59 Å². The molecule has 2 saturated heterocycles. The van der Waals surface area contributed by atoms with Gasteiger partial charge in [-0.05, 0) is 106 Å². The number of carbonyl (C=O) groups is 2. The van der Waals surface area contributed by atoms with Crippen LogP contribution in [0.1, 0.15) is 126 Å². The van der Waals surface area contributed by atoms with E-state index < -0.39 is 34.8 Å². The van der Waals surface area contributed by atoms with Gasteiger partial charge in [0.2, 0.25) is 6.29 Å². The Balaban J connectivity index is 1.71. The number of hydrogen-bond acceptors (Lipinski definition) is 8. The first-order valence-corrected chi connectivity index (χ1v) is 15.3. The SMILES string of the molecule is CC(C)c1c(C2OC(C)(C)C(C)(C)O2)n(C(=O)OC(C)(C)C)c2cnc(N3CCC(CC(=O)OC(C)(C)C)CC3)cc12. The first-order chi connectivity index (χ1) is 19.2. The summed E-state index contributed by atoms with van der Waals surface area (Å²) >= 11 is 0. The molecule has 2 aliphatic heterocycles. The summed E-state index contributed by atoms with van der Waals surface area (Å²) in [5.41, 5.74) is -0.0000165. The summed E-state index contributed by atoms with van der Waals surface area (Å²) in [6.45, 7) is 25.1. The summed E-state index contributed by atoms with van der Waals surface area (Å²) in [7, 11) is 0. The molecule has 4 rings (SSSR count). The van der Waals surface area contributed by atoms with Crippen LogP contribution in [0.3, 0.4) is 0 Å². The van der Waals surface area contributed by atoms with Crippen LogP contribution in [0.15, 0.2) is 12.3 Å². The van der Waals surface area contributed by atoms with Gasteiger partial charge in [0.05, 0.1) is 28.6 Å². The average Bonchev–Trinajstić information content (AvgIpc) is 3.27. The molecule has 0 saturated carbocycles. The van der Waals surface area contributed by atoms with Crippen LogP contribution in [0.5, 0.6) is 0 Å². The van der Waals surface area contributed by atoms with Crippen molar-refractivity contribution in [2.75, 3.05) is 18.0 Å². The zero-order valence-corrected chi connectivity index (χ0v) is 27.7. The third-order valence-electron chi connectivity index (χ3n) is 8.36. The number of pyridine rings is 1. The largest absolute Gasteiger partial charge is 0.460 e. The van der Waals surface area contributed by atoms with Crippen LogP contribution in [0.25, 0.3) is 10.9 Å². The number of carbonyl (C=O) groups excluding carboxylic acids is 2. The van der Waals surface area contributed by atoms with Crippen molar-refractivity contribution in [2.24, 2.45) is 5.92 Å². The van der Waals surface area contributed by atoms with Crippen LogP contribution >= 0.6 is 0 Å². The Labute approximate surface area is 251 Å². The molecule has 4 heterocycles. The van der Waals surface area contributed by atoms with E-state index >= 15 is 0 Å². The lowest BCUT2D eigenvalue weighted by atomic mass is 9.90. The van der Waals surface area contributed by atoms with E-state index in [2.05, 4.69) is 24.8 Å². The fourth-order valence-electron chi connectivity index (χ4n) is 5.68. The van der Waals surface area contributed by atoms with Crippen molar-refractivity contribution in [3.63, 3.8) is 0 Å². The standard InChI is InChI=1S/C33H51N3O6/c1-20(2)26-22-18-24(35-15-13-21(14-16-35)17-25(37)39-30(3,4)5)34-19-23(22)36(29(38)42-31(6,7)8)27(26)28-40-32(9,10)33(11,12)41-28/h18-21,28H,13-17H2,1-12H3. The molecule has 2 fully saturated rings. The Kier molecular flexibility index (Phi) is 8.55. The predicted octanol–water partition coefficient (Wildman–Crippen LogP) is 7.49. The fraction of sp³-hybridized carbons (Fsp3) is 0.727. The van der Waals surface area contributed by atoms with Crippen molar-refractivity contribution in [1.29, 1.82) is 0 Å². The molecule has 0 unspecified atom stereocenters. The van der Waals surface area contributed by atoms with Crippen molar-refractivity contribution in [3.05, 3.63) is 23.5 Å². The minimum atomic E-state index is -0.751. The first kappa shape index (κ1) is 32.3. The number of rotatable bonds is 5. The monoisotopic (exact) mass is 585 g/mol. The minimum absolute atomic E-state index is 0.0695. The lowest BCUT2D eigenvalue weighted by molar-refractivity contribution is -0.156. The van der Waals surface area contributed by atoms with E-state index in [-0.39, 0.29) is 17.8 Å². The van der Waals surface area contributed by atoms with Crippen LogP contribution < -0.4 is 4.90 Å². The van der Waals surface area contributed by atoms with Crippen LogP contribution in [0, 0.1) is 5.92 Å². The lowest BCUT2D eigenvalue weighted by Crippen LogP contribution is -2.41. The zero-order valence-electron chi connectivity index (χ0n) is 27.7. The van der Waals surface area contributed by atoms with Gasteiger partial charge in [0.25, 0.3) is 0 Å². The van der Waals surface area contributed by atoms with E-state index in [1.807, 2.05) is 69.2 Å². The average molecular weight is 586 g/mol. The normalized spacial score (nSPS) is 20.0. The molecule has 9 nitrogen and oxygen atoms in total. The summed E-state index contributed by atoms with van der Waals surface area (Å²) in [5, 5.41) is 0.932. The number of ether oxygens (including phenoxy) is 4. The molecule has 0 amide bonds. The molecule has 0 aliphatic carbocycles. The lowest BCUT2D eigenvalue weighted by Gasteiger charge is -2.33. The van der Waals surface area contributed by atoms with Gasteiger partial charge in [-0.25, -0.2) is 14.3 Å². The molecule has 0 spiro atoms. The molecule has 2 aliphatic rings. The zero-order chi connectivity index (χ0) is 31.4. The van der Waals surface area contributed by atoms with Crippen molar-refractivity contribution >= 4 is 28.8 Å². The molecule has 0 radical (unpaired) electrons. The molecule has 42 heavy (non-hydrogen) atoms. The topological polar surface area (TPSA) is 92.1 Å². The van der Waals surface area contributed by atoms with Crippen LogP contribution in [-0.4, -0.2) is 57.1 Å². The Bertz CT molecular complexity index is 1300. The summed E-state index contributed by atoms with van der Waals surface area (Å²) in [4.78, 5) is 33.2. The van der Waals surface area contributed by atoms with Gasteiger partial charge in [0.1, 0.15) is 17.0 Å². The van der Waals surface area contributed by atoms with E-state index in [4.69, 9.17) is 23.9 Å². The number of esters is 1. The number of anilines is 1. The maximum Gasteiger partial charge on any atom is 0.419 e. The molecular weight excluding hydrogens is 534 g/mol. The van der Waals surface area contributed by atoms with Gasteiger partial charge in [-0.3, -0.25) is 4.79 Å². The smallest absolute Gasteiger partial charge is 0.419 e. The van der Waals surface area contributed by atoms with E-state index in [1.54, 1.807) is 10.8 Å². The Morgan fingerprint density at radius 2 is 1.52 bits per heavy atom. The van der Waals surface area contributed by atoms with Crippen molar-refractivity contribution in [1.82, 2.24) is 9.55 Å². The quantitative estimate of drug-likeness (QED) is 0.333. The molecule has 0 N–H and O–H groups in total. The van der Waals surface area contributed by atoms with E-state index in [1.165, 1.54) is 0 Å². The fourth-order valence-corrected chi connectivity index (χ4v) is 5.68. The molecule has 0 bridgehead atoms. The predicted molar refractivity (Wildman–Crippen MR) is 164 cm³/mol. The van der Waals surface area contributed by atoms with Gasteiger partial charge >= 0.3 is 12.1 Å². The first-order valence-electron chi connectivity index (χ1n) is 15.3.